The van der Waals surface area contributed by atoms with E-state index in [0.29, 0.717) is 42.4 Å². The lowest BCUT2D eigenvalue weighted by atomic mass is 9.91. The average molecular weight is 358 g/mol. The van der Waals surface area contributed by atoms with Crippen LogP contribution >= 0.6 is 0 Å². The van der Waals surface area contributed by atoms with Crippen molar-refractivity contribution >= 4 is 6.09 Å². The number of nitrogens with zero attached hydrogens (tertiary/aromatic N) is 4. The van der Waals surface area contributed by atoms with Crippen LogP contribution in [0.4, 0.5) is 4.79 Å². The van der Waals surface area contributed by atoms with Crippen LogP contribution in [0.1, 0.15) is 44.1 Å². The molecular formula is C19H26N4O3. The number of nitriles is 1. The number of likely N-dealkylation sites (tertiary alicyclic amines) is 1. The SMILES string of the molecule is CCOC(=O)N1CCC(C2CC2CCOc2cc(C#N)nc(C)n2)CC1. The molecule has 2 fully saturated rings. The summed E-state index contributed by atoms with van der Waals surface area (Å²) in [4.78, 5) is 21.8. The molecule has 0 spiro atoms. The molecule has 2 aliphatic rings. The molecule has 0 bridgehead atoms. The maximum Gasteiger partial charge on any atom is 0.409 e. The van der Waals surface area contributed by atoms with Crippen molar-refractivity contribution in [1.82, 2.24) is 14.9 Å². The molecule has 1 saturated carbocycles. The molecule has 1 aliphatic heterocycles. The first-order valence-corrected chi connectivity index (χ1v) is 9.41. The van der Waals surface area contributed by atoms with Crippen molar-refractivity contribution in [3.05, 3.63) is 17.6 Å². The number of ether oxygens (including phenoxy) is 2. The van der Waals surface area contributed by atoms with Crippen LogP contribution in [-0.2, 0) is 4.74 Å². The fourth-order valence-electron chi connectivity index (χ4n) is 3.89. The summed E-state index contributed by atoms with van der Waals surface area (Å²) >= 11 is 0. The number of carbonyl (C=O) groups excluding carboxylic acids is 1. The molecule has 2 unspecified atom stereocenters. The van der Waals surface area contributed by atoms with E-state index < -0.39 is 0 Å². The zero-order chi connectivity index (χ0) is 18.5. The smallest absolute Gasteiger partial charge is 0.409 e. The molecule has 1 saturated heterocycles. The molecule has 1 aliphatic carbocycles. The fraction of sp³-hybridized carbons (Fsp3) is 0.684. The summed E-state index contributed by atoms with van der Waals surface area (Å²) in [5.74, 6) is 3.19. The average Bonchev–Trinajstić information content (AvgIpc) is 3.41. The first kappa shape index (κ1) is 18.4. The predicted molar refractivity (Wildman–Crippen MR) is 94.5 cm³/mol. The second-order valence-electron chi connectivity index (χ2n) is 7.07. The van der Waals surface area contributed by atoms with Crippen molar-refractivity contribution in [3.63, 3.8) is 0 Å². The number of hydrogen-bond donors (Lipinski definition) is 0. The number of amides is 1. The number of aromatic nitrogens is 2. The van der Waals surface area contributed by atoms with Gasteiger partial charge in [0.2, 0.25) is 5.88 Å². The van der Waals surface area contributed by atoms with Crippen LogP contribution in [0.15, 0.2) is 6.07 Å². The van der Waals surface area contributed by atoms with Crippen molar-refractivity contribution in [2.75, 3.05) is 26.3 Å². The number of rotatable bonds is 6. The van der Waals surface area contributed by atoms with Gasteiger partial charge in [-0.1, -0.05) is 0 Å². The van der Waals surface area contributed by atoms with Crippen LogP contribution in [0.3, 0.4) is 0 Å². The quantitative estimate of drug-likeness (QED) is 0.777. The van der Waals surface area contributed by atoms with Crippen LogP contribution in [-0.4, -0.2) is 47.3 Å². The predicted octanol–water partition coefficient (Wildman–Crippen LogP) is 2.93. The van der Waals surface area contributed by atoms with Crippen molar-refractivity contribution in [3.8, 4) is 11.9 Å². The van der Waals surface area contributed by atoms with E-state index in [2.05, 4.69) is 9.97 Å². The highest BCUT2D eigenvalue weighted by atomic mass is 16.6. The Morgan fingerprint density at radius 1 is 1.38 bits per heavy atom. The highest BCUT2D eigenvalue weighted by Crippen LogP contribution is 2.49. The van der Waals surface area contributed by atoms with Gasteiger partial charge in [-0.3, -0.25) is 0 Å². The Hall–Kier alpha value is -2.36. The molecule has 1 aromatic rings. The summed E-state index contributed by atoms with van der Waals surface area (Å²) in [6.45, 7) is 6.26. The lowest BCUT2D eigenvalue weighted by Crippen LogP contribution is -2.39. The normalized spacial score (nSPS) is 22.6. The van der Waals surface area contributed by atoms with E-state index in [0.717, 1.165) is 38.3 Å². The van der Waals surface area contributed by atoms with Crippen molar-refractivity contribution in [2.24, 2.45) is 17.8 Å². The Morgan fingerprint density at radius 3 is 2.85 bits per heavy atom. The van der Waals surface area contributed by atoms with Crippen LogP contribution in [0.25, 0.3) is 0 Å². The first-order chi connectivity index (χ1) is 12.6. The van der Waals surface area contributed by atoms with E-state index in [1.807, 2.05) is 17.9 Å². The van der Waals surface area contributed by atoms with Crippen LogP contribution in [0.2, 0.25) is 0 Å². The van der Waals surface area contributed by atoms with Crippen molar-refractivity contribution < 1.29 is 14.3 Å². The highest BCUT2D eigenvalue weighted by molar-refractivity contribution is 5.67. The van der Waals surface area contributed by atoms with Gasteiger partial charge < -0.3 is 14.4 Å². The number of hydrogen-bond acceptors (Lipinski definition) is 6. The summed E-state index contributed by atoms with van der Waals surface area (Å²) in [6.07, 6.45) is 4.21. The zero-order valence-corrected chi connectivity index (χ0v) is 15.5. The molecule has 1 aromatic heterocycles. The summed E-state index contributed by atoms with van der Waals surface area (Å²) in [7, 11) is 0. The van der Waals surface area contributed by atoms with Crippen LogP contribution in [0, 0.1) is 36.0 Å². The van der Waals surface area contributed by atoms with Crippen LogP contribution in [0.5, 0.6) is 5.88 Å². The number of piperidine rings is 1. The molecule has 2 heterocycles. The van der Waals surface area contributed by atoms with Gasteiger partial charge in [0.1, 0.15) is 17.6 Å². The second-order valence-corrected chi connectivity index (χ2v) is 7.07. The molecule has 2 atom stereocenters. The minimum Gasteiger partial charge on any atom is -0.478 e. The third-order valence-electron chi connectivity index (χ3n) is 5.32. The minimum absolute atomic E-state index is 0.177. The van der Waals surface area contributed by atoms with E-state index in [4.69, 9.17) is 14.7 Å². The number of carbonyl (C=O) groups is 1. The van der Waals surface area contributed by atoms with Gasteiger partial charge in [0.25, 0.3) is 0 Å². The second kappa shape index (κ2) is 8.35. The van der Waals surface area contributed by atoms with E-state index in [9.17, 15) is 4.79 Å². The van der Waals surface area contributed by atoms with E-state index in [1.54, 1.807) is 13.0 Å². The van der Waals surface area contributed by atoms with Gasteiger partial charge in [0, 0.05) is 19.2 Å². The molecule has 0 N–H and O–H groups in total. The Labute approximate surface area is 154 Å². The summed E-state index contributed by atoms with van der Waals surface area (Å²) < 4.78 is 10.8. The van der Waals surface area contributed by atoms with Gasteiger partial charge in [-0.2, -0.15) is 10.2 Å². The maximum atomic E-state index is 11.8. The lowest BCUT2D eigenvalue weighted by Gasteiger charge is -2.31. The van der Waals surface area contributed by atoms with Crippen LogP contribution < -0.4 is 4.74 Å². The first-order valence-electron chi connectivity index (χ1n) is 9.41. The van der Waals surface area contributed by atoms with Gasteiger partial charge in [0.05, 0.1) is 13.2 Å². The third kappa shape index (κ3) is 4.63. The van der Waals surface area contributed by atoms with Gasteiger partial charge in [-0.15, -0.1) is 0 Å². The van der Waals surface area contributed by atoms with E-state index >= 15 is 0 Å². The molecule has 140 valence electrons. The maximum absolute atomic E-state index is 11.8. The monoisotopic (exact) mass is 358 g/mol. The standard InChI is InChI=1S/C19H26N4O3/c1-3-25-19(24)23-7-4-14(5-8-23)17-10-15(17)6-9-26-18-11-16(12-20)21-13(2)22-18/h11,14-15,17H,3-10H2,1-2H3. The zero-order valence-electron chi connectivity index (χ0n) is 15.5. The molecule has 1 amide bonds. The van der Waals surface area contributed by atoms with Gasteiger partial charge in [-0.05, 0) is 57.3 Å². The third-order valence-corrected chi connectivity index (χ3v) is 5.32. The Kier molecular flexibility index (Phi) is 5.92. The Bertz CT molecular complexity index is 680. The largest absolute Gasteiger partial charge is 0.478 e. The summed E-state index contributed by atoms with van der Waals surface area (Å²) in [5, 5.41) is 8.94. The molecule has 0 radical (unpaired) electrons. The Balaban J connectivity index is 1.37. The van der Waals surface area contributed by atoms with Crippen molar-refractivity contribution in [2.45, 2.75) is 39.5 Å². The molecule has 0 aromatic carbocycles. The van der Waals surface area contributed by atoms with Crippen molar-refractivity contribution in [1.29, 1.82) is 5.26 Å². The highest BCUT2D eigenvalue weighted by Gasteiger charge is 2.43. The summed E-state index contributed by atoms with van der Waals surface area (Å²) in [5.41, 5.74) is 0.338. The lowest BCUT2D eigenvalue weighted by molar-refractivity contribution is 0.0887. The van der Waals surface area contributed by atoms with E-state index in [1.165, 1.54) is 6.42 Å². The molecule has 7 heteroatoms. The number of aryl methyl sites for hydroxylation is 1. The van der Waals surface area contributed by atoms with Gasteiger partial charge in [0.15, 0.2) is 0 Å². The molecule has 26 heavy (non-hydrogen) atoms. The molecule has 7 nitrogen and oxygen atoms in total. The molecule has 3 rings (SSSR count). The van der Waals surface area contributed by atoms with E-state index in [-0.39, 0.29) is 6.09 Å². The topological polar surface area (TPSA) is 88.3 Å². The Morgan fingerprint density at radius 2 is 2.15 bits per heavy atom. The minimum atomic E-state index is -0.177. The summed E-state index contributed by atoms with van der Waals surface area (Å²) in [6, 6.07) is 3.61. The molecular weight excluding hydrogens is 332 g/mol. The van der Waals surface area contributed by atoms with Gasteiger partial charge >= 0.3 is 6.09 Å². The fourth-order valence-corrected chi connectivity index (χ4v) is 3.89. The van der Waals surface area contributed by atoms with Gasteiger partial charge in [-0.25, -0.2) is 9.78 Å².